The first-order chi connectivity index (χ1) is 21.2. The number of hydrogen-bond acceptors (Lipinski definition) is 5. The highest BCUT2D eigenvalue weighted by Crippen LogP contribution is 2.38. The number of carbonyl (C=O) groups is 1. The number of aromatic nitrogens is 1. The summed E-state index contributed by atoms with van der Waals surface area (Å²) in [6.07, 6.45) is -0.890. The monoisotopic (exact) mass is 624 g/mol. The van der Waals surface area contributed by atoms with E-state index in [9.17, 15) is 23.1 Å². The Bertz CT molecular complexity index is 1570. The van der Waals surface area contributed by atoms with E-state index >= 15 is 0 Å². The fourth-order valence-electron chi connectivity index (χ4n) is 5.80. The second-order valence-corrected chi connectivity index (χ2v) is 12.3. The fourth-order valence-corrected chi connectivity index (χ4v) is 6.76. The van der Waals surface area contributed by atoms with Crippen molar-refractivity contribution in [3.8, 4) is 0 Å². The summed E-state index contributed by atoms with van der Waals surface area (Å²) in [7, 11) is 0. The molecule has 0 radical (unpaired) electrons. The lowest BCUT2D eigenvalue weighted by molar-refractivity contribution is -0.137. The van der Waals surface area contributed by atoms with Gasteiger partial charge >= 0.3 is 6.18 Å². The van der Waals surface area contributed by atoms with Crippen LogP contribution in [-0.4, -0.2) is 46.6 Å². The molecular weight excluding hydrogens is 585 g/mol. The number of amides is 1. The third-order valence-corrected chi connectivity index (χ3v) is 9.10. The molecule has 1 amide bonds. The highest BCUT2D eigenvalue weighted by molar-refractivity contribution is 8.00. The maximum Gasteiger partial charge on any atom is 0.416 e. The van der Waals surface area contributed by atoms with Crippen molar-refractivity contribution >= 4 is 34.4 Å². The molecule has 5 rings (SSSR count). The van der Waals surface area contributed by atoms with Gasteiger partial charge in [0.25, 0.3) is 5.91 Å². The minimum atomic E-state index is -4.42. The lowest BCUT2D eigenvalue weighted by atomic mass is 9.99. The van der Waals surface area contributed by atoms with Gasteiger partial charge in [-0.2, -0.15) is 13.2 Å². The Balaban J connectivity index is 1.38. The first-order valence-electron chi connectivity index (χ1n) is 15.1. The lowest BCUT2D eigenvalue weighted by Gasteiger charge is -2.26. The van der Waals surface area contributed by atoms with Gasteiger partial charge in [-0.05, 0) is 66.6 Å². The molecule has 1 aliphatic heterocycles. The summed E-state index contributed by atoms with van der Waals surface area (Å²) < 4.78 is 44.0. The molecule has 0 bridgehead atoms. The fraction of sp³-hybridized carbons (Fsp3) is 0.382. The molecule has 10 heteroatoms. The van der Waals surface area contributed by atoms with Crippen molar-refractivity contribution in [1.29, 1.82) is 0 Å². The summed E-state index contributed by atoms with van der Waals surface area (Å²) in [5.74, 6) is 0.666. The molecule has 0 unspecified atom stereocenters. The number of alkyl halides is 3. The minimum Gasteiger partial charge on any atom is -0.390 e. The van der Waals surface area contributed by atoms with Gasteiger partial charge in [0, 0.05) is 49.1 Å². The quantitative estimate of drug-likeness (QED) is 0.155. The molecule has 0 saturated carbocycles. The number of aliphatic hydroxyl groups is 1. The van der Waals surface area contributed by atoms with Crippen LogP contribution in [0.15, 0.2) is 72.9 Å². The van der Waals surface area contributed by atoms with Crippen LogP contribution in [0, 0.1) is 0 Å². The molecule has 3 N–H and O–H groups in total. The lowest BCUT2D eigenvalue weighted by Crippen LogP contribution is -2.48. The van der Waals surface area contributed by atoms with E-state index in [2.05, 4.69) is 39.6 Å². The Morgan fingerprint density at radius 1 is 1.05 bits per heavy atom. The molecule has 234 valence electrons. The van der Waals surface area contributed by atoms with Crippen molar-refractivity contribution in [1.82, 2.24) is 15.2 Å². The second-order valence-electron chi connectivity index (χ2n) is 11.2. The van der Waals surface area contributed by atoms with Crippen LogP contribution >= 0.6 is 11.9 Å². The van der Waals surface area contributed by atoms with Gasteiger partial charge in [-0.1, -0.05) is 61.9 Å². The summed E-state index contributed by atoms with van der Waals surface area (Å²) >= 11 is 1.76. The summed E-state index contributed by atoms with van der Waals surface area (Å²) in [6, 6.07) is 18.0. The van der Waals surface area contributed by atoms with Gasteiger partial charge in [0.15, 0.2) is 0 Å². The van der Waals surface area contributed by atoms with Gasteiger partial charge < -0.3 is 24.6 Å². The van der Waals surface area contributed by atoms with Crippen LogP contribution in [0.2, 0.25) is 0 Å². The van der Waals surface area contributed by atoms with E-state index in [0.717, 1.165) is 66.0 Å². The topological polar surface area (TPSA) is 69.5 Å². The Kier molecular flexibility index (Phi) is 10.2. The molecule has 6 nitrogen and oxygen atoms in total. The van der Waals surface area contributed by atoms with E-state index in [1.807, 2.05) is 42.5 Å². The first-order valence-corrected chi connectivity index (χ1v) is 16.1. The first kappa shape index (κ1) is 31.9. The van der Waals surface area contributed by atoms with Crippen molar-refractivity contribution in [3.63, 3.8) is 0 Å². The number of anilines is 1. The van der Waals surface area contributed by atoms with Crippen LogP contribution < -0.4 is 14.9 Å². The molecule has 2 heterocycles. The predicted octanol–water partition coefficient (Wildman–Crippen LogP) is 6.59. The normalized spacial score (nSPS) is 14.8. The molecule has 0 aliphatic carbocycles. The van der Waals surface area contributed by atoms with Crippen molar-refractivity contribution in [2.24, 2.45) is 0 Å². The highest BCUT2D eigenvalue weighted by atomic mass is 32.2. The van der Waals surface area contributed by atoms with Gasteiger partial charge in [0.2, 0.25) is 0 Å². The Morgan fingerprint density at radius 2 is 1.82 bits per heavy atom. The zero-order valence-corrected chi connectivity index (χ0v) is 25.8. The van der Waals surface area contributed by atoms with Gasteiger partial charge in [-0.3, -0.25) is 4.79 Å². The molecule has 44 heavy (non-hydrogen) atoms. The van der Waals surface area contributed by atoms with E-state index in [0.29, 0.717) is 17.5 Å². The molecule has 0 saturated heterocycles. The number of nitrogens with one attached hydrogen (secondary N) is 2. The average Bonchev–Trinajstić information content (AvgIpc) is 3.25. The van der Waals surface area contributed by atoms with E-state index in [1.165, 1.54) is 11.6 Å². The van der Waals surface area contributed by atoms with E-state index in [1.54, 1.807) is 18.0 Å². The summed E-state index contributed by atoms with van der Waals surface area (Å²) in [4.78, 5) is 13.9. The maximum atomic E-state index is 13.9. The smallest absolute Gasteiger partial charge is 0.390 e. The molecule has 1 aliphatic rings. The van der Waals surface area contributed by atoms with Crippen molar-refractivity contribution < 1.29 is 23.1 Å². The van der Waals surface area contributed by atoms with Crippen LogP contribution in [0.4, 0.5) is 18.9 Å². The summed E-state index contributed by atoms with van der Waals surface area (Å²) in [6.45, 7) is 6.19. The Labute approximate surface area is 260 Å². The number of aliphatic hydroxyl groups excluding tert-OH is 1. The van der Waals surface area contributed by atoms with Gasteiger partial charge in [-0.15, -0.1) is 0 Å². The van der Waals surface area contributed by atoms with Crippen LogP contribution in [0.5, 0.6) is 0 Å². The van der Waals surface area contributed by atoms with Crippen molar-refractivity contribution in [2.45, 2.75) is 64.5 Å². The van der Waals surface area contributed by atoms with Gasteiger partial charge in [0.1, 0.15) is 0 Å². The summed E-state index contributed by atoms with van der Waals surface area (Å²) in [5.41, 5.74) is 4.62. The number of aryl methyl sites for hydroxylation is 2. The molecular formula is C34H39F3N4O2S. The third kappa shape index (κ3) is 7.42. The zero-order valence-electron chi connectivity index (χ0n) is 25.0. The molecule has 4 aromatic rings. The van der Waals surface area contributed by atoms with Crippen molar-refractivity contribution in [3.05, 3.63) is 101 Å². The average molecular weight is 625 g/mol. The largest absolute Gasteiger partial charge is 0.416 e. The molecule has 2 atom stereocenters. The zero-order chi connectivity index (χ0) is 31.3. The number of hydrogen-bond donors (Lipinski definition) is 3. The maximum absolute atomic E-state index is 13.9. The number of nitrogens with zero attached hydrogens (tertiary/aromatic N) is 2. The standard InChI is InChI=1S/C34H39F3N4O2S/c1-3-9-25-22-40-14-15-44-41(4-2)30-19-26(18-28(25)32(30)40)33(43)39-29(17-23-10-6-5-7-11-23)31(42)21-38-20-24-12-8-13-27(16-24)34(35,36)37/h5-8,10-13,16,18-19,22,29,31,38,42H,3-4,9,14-15,17,20-21H2,1-2H3,(H,39,43)/t29-,31+/m0/s1. The van der Waals surface area contributed by atoms with Crippen LogP contribution in [0.1, 0.15) is 52.9 Å². The molecule has 3 aromatic carbocycles. The Hall–Kier alpha value is -3.47. The highest BCUT2D eigenvalue weighted by Gasteiger charge is 2.30. The second kappa shape index (κ2) is 14.1. The number of benzene rings is 3. The predicted molar refractivity (Wildman–Crippen MR) is 172 cm³/mol. The van der Waals surface area contributed by atoms with E-state index in [-0.39, 0.29) is 19.0 Å². The Morgan fingerprint density at radius 3 is 2.55 bits per heavy atom. The number of halogens is 3. The van der Waals surface area contributed by atoms with E-state index in [4.69, 9.17) is 0 Å². The summed E-state index contributed by atoms with van der Waals surface area (Å²) in [5, 5.41) is 18.5. The van der Waals surface area contributed by atoms with Crippen LogP contribution in [0.3, 0.4) is 0 Å². The molecule has 0 fully saturated rings. The van der Waals surface area contributed by atoms with Crippen molar-refractivity contribution in [2.75, 3.05) is 23.1 Å². The molecule has 1 aromatic heterocycles. The van der Waals surface area contributed by atoms with E-state index < -0.39 is 23.9 Å². The minimum absolute atomic E-state index is 0.0854. The SMILES string of the molecule is CCCc1cn2c3c(cc(C(=O)N[C@@H](Cc4ccccc4)[C@H](O)CNCc4cccc(C(F)(F)F)c4)cc13)N(CC)SCC2. The van der Waals surface area contributed by atoms with Gasteiger partial charge in [0.05, 0.1) is 28.9 Å². The molecule has 0 spiro atoms. The van der Waals surface area contributed by atoms with Gasteiger partial charge in [-0.25, -0.2) is 0 Å². The third-order valence-electron chi connectivity index (χ3n) is 7.97. The van der Waals surface area contributed by atoms with Crippen LogP contribution in [0.25, 0.3) is 10.9 Å². The van der Waals surface area contributed by atoms with Crippen LogP contribution in [-0.2, 0) is 32.1 Å². The number of carbonyl (C=O) groups excluding carboxylic acids is 1. The number of rotatable bonds is 12.